The number of rotatable bonds is 5. The van der Waals surface area contributed by atoms with Crippen molar-refractivity contribution in [3.8, 4) is 5.75 Å². The zero-order valence-electron chi connectivity index (χ0n) is 12.5. The summed E-state index contributed by atoms with van der Waals surface area (Å²) in [5.74, 6) is -0.796. The Hall–Kier alpha value is -2.14. The maximum absolute atomic E-state index is 12.1. The van der Waals surface area contributed by atoms with Gasteiger partial charge in [-0.1, -0.05) is 12.1 Å². The highest BCUT2D eigenvalue weighted by Gasteiger charge is 2.27. The molecule has 0 amide bonds. The molecule has 0 aliphatic heterocycles. The van der Waals surface area contributed by atoms with Crippen LogP contribution in [0.5, 0.6) is 5.75 Å². The SMILES string of the molecule is COC1CCC(C(=O)Oc2ccc(C=CC(=O)O)cc2)CC1. The van der Waals surface area contributed by atoms with Crippen LogP contribution in [0.15, 0.2) is 30.3 Å². The van der Waals surface area contributed by atoms with Gasteiger partial charge >= 0.3 is 11.9 Å². The second kappa shape index (κ2) is 7.75. The Bertz CT molecular complexity index is 539. The van der Waals surface area contributed by atoms with Gasteiger partial charge in [0.25, 0.3) is 0 Å². The molecule has 0 aromatic heterocycles. The Labute approximate surface area is 129 Å². The summed E-state index contributed by atoms with van der Waals surface area (Å²) in [4.78, 5) is 22.5. The van der Waals surface area contributed by atoms with Crippen molar-refractivity contribution in [3.05, 3.63) is 35.9 Å². The van der Waals surface area contributed by atoms with E-state index < -0.39 is 5.97 Å². The first-order valence-electron chi connectivity index (χ1n) is 7.34. The van der Waals surface area contributed by atoms with E-state index in [1.54, 1.807) is 31.4 Å². The number of benzene rings is 1. The van der Waals surface area contributed by atoms with Gasteiger partial charge in [0.15, 0.2) is 0 Å². The standard InChI is InChI=1S/C17H20O5/c1-21-14-9-5-13(6-10-14)17(20)22-15-7-2-12(3-8-15)4-11-16(18)19/h2-4,7-8,11,13-14H,5-6,9-10H2,1H3,(H,18,19). The van der Waals surface area contributed by atoms with Crippen LogP contribution in [-0.2, 0) is 14.3 Å². The van der Waals surface area contributed by atoms with Crippen LogP contribution in [0.2, 0.25) is 0 Å². The molecule has 0 bridgehead atoms. The van der Waals surface area contributed by atoms with Crippen molar-refractivity contribution in [2.24, 2.45) is 5.92 Å². The van der Waals surface area contributed by atoms with Crippen LogP contribution >= 0.6 is 0 Å². The van der Waals surface area contributed by atoms with Crippen LogP contribution in [0.3, 0.4) is 0 Å². The molecule has 0 unspecified atom stereocenters. The highest BCUT2D eigenvalue weighted by Crippen LogP contribution is 2.27. The fourth-order valence-electron chi connectivity index (χ4n) is 2.55. The van der Waals surface area contributed by atoms with Crippen molar-refractivity contribution in [3.63, 3.8) is 0 Å². The number of ether oxygens (including phenoxy) is 2. The third kappa shape index (κ3) is 4.70. The molecule has 22 heavy (non-hydrogen) atoms. The van der Waals surface area contributed by atoms with E-state index in [0.29, 0.717) is 5.75 Å². The summed E-state index contributed by atoms with van der Waals surface area (Å²) in [5.41, 5.74) is 0.739. The third-order valence-electron chi connectivity index (χ3n) is 3.86. The fourth-order valence-corrected chi connectivity index (χ4v) is 2.55. The number of aliphatic carboxylic acids is 1. The number of esters is 1. The van der Waals surface area contributed by atoms with Crippen molar-refractivity contribution >= 4 is 18.0 Å². The van der Waals surface area contributed by atoms with Crippen LogP contribution in [0, 0.1) is 5.92 Å². The lowest BCUT2D eigenvalue weighted by Crippen LogP contribution is -2.28. The van der Waals surface area contributed by atoms with E-state index in [1.165, 1.54) is 6.08 Å². The van der Waals surface area contributed by atoms with E-state index in [-0.39, 0.29) is 18.0 Å². The maximum Gasteiger partial charge on any atom is 0.328 e. The van der Waals surface area contributed by atoms with Crippen molar-refractivity contribution in [2.45, 2.75) is 31.8 Å². The summed E-state index contributed by atoms with van der Waals surface area (Å²) in [6.07, 6.45) is 6.15. The number of carbonyl (C=O) groups is 2. The predicted molar refractivity (Wildman–Crippen MR) is 81.5 cm³/mol. The minimum atomic E-state index is -0.998. The van der Waals surface area contributed by atoms with Gasteiger partial charge < -0.3 is 14.6 Å². The first-order chi connectivity index (χ1) is 10.6. The van der Waals surface area contributed by atoms with Gasteiger partial charge in [0.05, 0.1) is 12.0 Å². The van der Waals surface area contributed by atoms with Crippen molar-refractivity contribution in [2.75, 3.05) is 7.11 Å². The zero-order chi connectivity index (χ0) is 15.9. The Morgan fingerprint density at radius 2 is 1.77 bits per heavy atom. The number of carboxylic acids is 1. The predicted octanol–water partition coefficient (Wildman–Crippen LogP) is 2.90. The van der Waals surface area contributed by atoms with E-state index in [4.69, 9.17) is 14.6 Å². The molecule has 1 aliphatic carbocycles. The number of hydrogen-bond acceptors (Lipinski definition) is 4. The van der Waals surface area contributed by atoms with Gasteiger partial charge in [0, 0.05) is 13.2 Å². The molecule has 0 radical (unpaired) electrons. The van der Waals surface area contributed by atoms with Crippen LogP contribution in [0.4, 0.5) is 0 Å². The maximum atomic E-state index is 12.1. The Morgan fingerprint density at radius 1 is 1.14 bits per heavy atom. The molecule has 0 heterocycles. The summed E-state index contributed by atoms with van der Waals surface area (Å²) in [6, 6.07) is 6.76. The average Bonchev–Trinajstić information content (AvgIpc) is 2.54. The van der Waals surface area contributed by atoms with Crippen LogP contribution in [-0.4, -0.2) is 30.3 Å². The first-order valence-corrected chi connectivity index (χ1v) is 7.34. The minimum Gasteiger partial charge on any atom is -0.478 e. The monoisotopic (exact) mass is 304 g/mol. The van der Waals surface area contributed by atoms with Gasteiger partial charge in [-0.05, 0) is 49.5 Å². The number of methoxy groups -OCH3 is 1. The van der Waals surface area contributed by atoms with Gasteiger partial charge in [0.1, 0.15) is 5.75 Å². The second-order valence-electron chi connectivity index (χ2n) is 5.37. The van der Waals surface area contributed by atoms with Crippen LogP contribution < -0.4 is 4.74 Å². The molecule has 0 spiro atoms. The molecule has 1 aromatic rings. The van der Waals surface area contributed by atoms with Gasteiger partial charge in [-0.2, -0.15) is 0 Å². The van der Waals surface area contributed by atoms with Gasteiger partial charge in [-0.3, -0.25) is 4.79 Å². The van der Waals surface area contributed by atoms with Crippen molar-refractivity contribution < 1.29 is 24.2 Å². The van der Waals surface area contributed by atoms with E-state index in [2.05, 4.69) is 0 Å². The molecule has 1 aliphatic rings. The average molecular weight is 304 g/mol. The molecule has 5 nitrogen and oxygen atoms in total. The third-order valence-corrected chi connectivity index (χ3v) is 3.86. The topological polar surface area (TPSA) is 72.8 Å². The smallest absolute Gasteiger partial charge is 0.328 e. The molecule has 5 heteroatoms. The molecule has 2 rings (SSSR count). The molecule has 0 atom stereocenters. The molecular weight excluding hydrogens is 284 g/mol. The molecule has 1 N–H and O–H groups in total. The largest absolute Gasteiger partial charge is 0.478 e. The lowest BCUT2D eigenvalue weighted by Gasteiger charge is -2.26. The highest BCUT2D eigenvalue weighted by atomic mass is 16.5. The molecule has 1 saturated carbocycles. The minimum absolute atomic E-state index is 0.0713. The quantitative estimate of drug-likeness (QED) is 0.514. The molecule has 1 fully saturated rings. The van der Waals surface area contributed by atoms with Gasteiger partial charge in [-0.15, -0.1) is 0 Å². The van der Waals surface area contributed by atoms with Crippen LogP contribution in [0.1, 0.15) is 31.2 Å². The fraction of sp³-hybridized carbons (Fsp3) is 0.412. The van der Waals surface area contributed by atoms with E-state index in [1.807, 2.05) is 0 Å². The second-order valence-corrected chi connectivity index (χ2v) is 5.37. The van der Waals surface area contributed by atoms with Gasteiger partial charge in [-0.25, -0.2) is 4.79 Å². The molecular formula is C17H20O5. The summed E-state index contributed by atoms with van der Waals surface area (Å²) in [6.45, 7) is 0. The lowest BCUT2D eigenvalue weighted by molar-refractivity contribution is -0.140. The Kier molecular flexibility index (Phi) is 5.72. The van der Waals surface area contributed by atoms with Gasteiger partial charge in [0.2, 0.25) is 0 Å². The van der Waals surface area contributed by atoms with E-state index in [0.717, 1.165) is 37.3 Å². The molecule has 1 aromatic carbocycles. The summed E-state index contributed by atoms with van der Waals surface area (Å²) < 4.78 is 10.7. The number of hydrogen-bond donors (Lipinski definition) is 1. The lowest BCUT2D eigenvalue weighted by atomic mass is 9.87. The number of carboxylic acid groups (broad SMARTS) is 1. The Morgan fingerprint density at radius 3 is 2.32 bits per heavy atom. The van der Waals surface area contributed by atoms with Crippen molar-refractivity contribution in [1.82, 2.24) is 0 Å². The summed E-state index contributed by atoms with van der Waals surface area (Å²) >= 11 is 0. The summed E-state index contributed by atoms with van der Waals surface area (Å²) in [7, 11) is 1.70. The number of carbonyl (C=O) groups excluding carboxylic acids is 1. The van der Waals surface area contributed by atoms with Crippen LogP contribution in [0.25, 0.3) is 6.08 Å². The van der Waals surface area contributed by atoms with E-state index in [9.17, 15) is 9.59 Å². The normalized spacial score (nSPS) is 21.7. The summed E-state index contributed by atoms with van der Waals surface area (Å²) in [5, 5.41) is 8.56. The molecule has 118 valence electrons. The molecule has 0 saturated heterocycles. The first kappa shape index (κ1) is 16.2. The highest BCUT2D eigenvalue weighted by molar-refractivity contribution is 5.85. The van der Waals surface area contributed by atoms with Crippen molar-refractivity contribution in [1.29, 1.82) is 0 Å². The Balaban J connectivity index is 1.88. The van der Waals surface area contributed by atoms with E-state index >= 15 is 0 Å². The zero-order valence-corrected chi connectivity index (χ0v) is 12.5.